The summed E-state index contributed by atoms with van der Waals surface area (Å²) in [6.07, 6.45) is 1.91. The number of halogens is 1. The fraction of sp³-hybridized carbons (Fsp3) is 0.208. The van der Waals surface area contributed by atoms with Gasteiger partial charge in [0.2, 0.25) is 0 Å². The van der Waals surface area contributed by atoms with E-state index < -0.39 is 0 Å². The number of amides is 1. The minimum absolute atomic E-state index is 0.0644. The Morgan fingerprint density at radius 3 is 2.60 bits per heavy atom. The zero-order valence-corrected chi connectivity index (χ0v) is 17.9. The first-order chi connectivity index (χ1) is 14.5. The molecule has 30 heavy (non-hydrogen) atoms. The number of hydrogen-bond acceptors (Lipinski definition) is 3. The van der Waals surface area contributed by atoms with E-state index in [9.17, 15) is 9.18 Å². The Labute approximate surface area is 179 Å². The number of benzene rings is 2. The molecule has 0 spiro atoms. The van der Waals surface area contributed by atoms with Gasteiger partial charge in [-0.3, -0.25) is 4.79 Å². The third-order valence-corrected chi connectivity index (χ3v) is 5.99. The van der Waals surface area contributed by atoms with Crippen LogP contribution >= 0.6 is 11.3 Å². The molecule has 0 bridgehead atoms. The number of aromatic nitrogens is 1. The van der Waals surface area contributed by atoms with E-state index in [4.69, 9.17) is 0 Å². The quantitative estimate of drug-likeness (QED) is 0.443. The third-order valence-electron chi connectivity index (χ3n) is 5.13. The number of likely N-dealkylation sites (N-methyl/N-ethyl adjacent to an activating group) is 1. The van der Waals surface area contributed by atoms with Crippen molar-refractivity contribution < 1.29 is 9.18 Å². The standard InChI is InChI=1S/C24H24FN3OS/c1-27(2)11-12-28(24(29)23-4-3-13-30-23)16-20-15-17(5-7-21(20)25)18-6-8-22-19(14-18)9-10-26-22/h3-10,13-15,26H,11-12,16H2,1-2H3. The maximum atomic E-state index is 14.7. The van der Waals surface area contributed by atoms with Crippen LogP contribution in [0.15, 0.2) is 66.2 Å². The minimum Gasteiger partial charge on any atom is -0.361 e. The molecule has 0 aliphatic heterocycles. The largest absolute Gasteiger partial charge is 0.361 e. The van der Waals surface area contributed by atoms with Crippen LogP contribution in [0, 0.1) is 5.82 Å². The second kappa shape index (κ2) is 8.81. The van der Waals surface area contributed by atoms with E-state index in [1.165, 1.54) is 17.4 Å². The summed E-state index contributed by atoms with van der Waals surface area (Å²) in [7, 11) is 3.93. The third kappa shape index (κ3) is 4.45. The van der Waals surface area contributed by atoms with Gasteiger partial charge in [0.15, 0.2) is 0 Å². The summed E-state index contributed by atoms with van der Waals surface area (Å²) < 4.78 is 14.7. The molecule has 4 aromatic rings. The summed E-state index contributed by atoms with van der Waals surface area (Å²) in [4.78, 5) is 20.6. The lowest BCUT2D eigenvalue weighted by Crippen LogP contribution is -2.36. The number of fused-ring (bicyclic) bond motifs is 1. The first-order valence-electron chi connectivity index (χ1n) is 9.85. The highest BCUT2D eigenvalue weighted by Gasteiger charge is 2.19. The topological polar surface area (TPSA) is 39.3 Å². The molecule has 0 saturated heterocycles. The van der Waals surface area contributed by atoms with Gasteiger partial charge < -0.3 is 14.8 Å². The molecule has 0 radical (unpaired) electrons. The van der Waals surface area contributed by atoms with Crippen LogP contribution in [-0.2, 0) is 6.54 Å². The van der Waals surface area contributed by atoms with Crippen molar-refractivity contribution in [2.45, 2.75) is 6.54 Å². The van der Waals surface area contributed by atoms with Gasteiger partial charge in [0.1, 0.15) is 5.82 Å². The molecule has 154 valence electrons. The lowest BCUT2D eigenvalue weighted by Gasteiger charge is -2.24. The Bertz CT molecular complexity index is 1150. The zero-order chi connectivity index (χ0) is 21.1. The van der Waals surface area contributed by atoms with Crippen molar-refractivity contribution in [1.82, 2.24) is 14.8 Å². The van der Waals surface area contributed by atoms with E-state index in [1.807, 2.05) is 67.0 Å². The van der Waals surface area contributed by atoms with Crippen molar-refractivity contribution >= 4 is 28.1 Å². The minimum atomic E-state index is -0.296. The molecule has 1 N–H and O–H groups in total. The molecule has 4 rings (SSSR count). The van der Waals surface area contributed by atoms with Gasteiger partial charge in [-0.2, -0.15) is 0 Å². The molecule has 0 unspecified atom stereocenters. The number of thiophene rings is 1. The van der Waals surface area contributed by atoms with E-state index >= 15 is 0 Å². The van der Waals surface area contributed by atoms with E-state index in [-0.39, 0.29) is 18.3 Å². The molecule has 2 aromatic heterocycles. The molecule has 0 fully saturated rings. The average molecular weight is 422 g/mol. The Morgan fingerprint density at radius 2 is 1.83 bits per heavy atom. The van der Waals surface area contributed by atoms with Crippen LogP contribution in [0.25, 0.3) is 22.0 Å². The molecule has 2 heterocycles. The van der Waals surface area contributed by atoms with Gasteiger partial charge in [0.25, 0.3) is 5.91 Å². The number of aromatic amines is 1. The molecular formula is C24H24FN3OS. The fourth-order valence-corrected chi connectivity index (χ4v) is 4.13. The van der Waals surface area contributed by atoms with Crippen LogP contribution in [-0.4, -0.2) is 47.9 Å². The molecule has 1 amide bonds. The van der Waals surface area contributed by atoms with Gasteiger partial charge in [-0.15, -0.1) is 11.3 Å². The van der Waals surface area contributed by atoms with E-state index in [0.717, 1.165) is 22.0 Å². The molecular weight excluding hydrogens is 397 g/mol. The molecule has 4 nitrogen and oxygen atoms in total. The highest BCUT2D eigenvalue weighted by molar-refractivity contribution is 7.12. The summed E-state index contributed by atoms with van der Waals surface area (Å²) in [5, 5.41) is 2.99. The summed E-state index contributed by atoms with van der Waals surface area (Å²) in [6, 6.07) is 17.0. The van der Waals surface area contributed by atoms with Gasteiger partial charge in [-0.05, 0) is 72.4 Å². The predicted octanol–water partition coefficient (Wildman–Crippen LogP) is 5.24. The van der Waals surface area contributed by atoms with Crippen molar-refractivity contribution in [2.75, 3.05) is 27.2 Å². The van der Waals surface area contributed by atoms with Crippen LogP contribution in [0.1, 0.15) is 15.2 Å². The summed E-state index contributed by atoms with van der Waals surface area (Å²) in [5.74, 6) is -0.360. The Balaban J connectivity index is 1.63. The smallest absolute Gasteiger partial charge is 0.264 e. The Kier molecular flexibility index (Phi) is 5.97. The number of nitrogens with zero attached hydrogens (tertiary/aromatic N) is 2. The number of rotatable bonds is 7. The first-order valence-corrected chi connectivity index (χ1v) is 10.7. The van der Waals surface area contributed by atoms with Crippen LogP contribution < -0.4 is 0 Å². The average Bonchev–Trinajstić information content (AvgIpc) is 3.43. The SMILES string of the molecule is CN(C)CCN(Cc1cc(-c2ccc3[nH]ccc3c2)ccc1F)C(=O)c1cccs1. The van der Waals surface area contributed by atoms with E-state index in [0.29, 0.717) is 23.5 Å². The number of carbonyl (C=O) groups excluding carboxylic acids is 1. The van der Waals surface area contributed by atoms with E-state index in [1.54, 1.807) is 11.0 Å². The highest BCUT2D eigenvalue weighted by atomic mass is 32.1. The molecule has 2 aromatic carbocycles. The second-order valence-electron chi connectivity index (χ2n) is 7.59. The van der Waals surface area contributed by atoms with Crippen LogP contribution in [0.5, 0.6) is 0 Å². The molecule has 0 aliphatic carbocycles. The summed E-state index contributed by atoms with van der Waals surface area (Å²) in [5.41, 5.74) is 3.54. The summed E-state index contributed by atoms with van der Waals surface area (Å²) in [6.45, 7) is 1.47. The van der Waals surface area contributed by atoms with Crippen LogP contribution in [0.2, 0.25) is 0 Å². The van der Waals surface area contributed by atoms with Crippen LogP contribution in [0.3, 0.4) is 0 Å². The van der Waals surface area contributed by atoms with Gasteiger partial charge in [-0.25, -0.2) is 4.39 Å². The summed E-state index contributed by atoms with van der Waals surface area (Å²) >= 11 is 1.41. The Hall–Kier alpha value is -2.96. The number of hydrogen-bond donors (Lipinski definition) is 1. The molecule has 6 heteroatoms. The fourth-order valence-electron chi connectivity index (χ4n) is 3.44. The monoisotopic (exact) mass is 421 g/mol. The van der Waals surface area contributed by atoms with Crippen molar-refractivity contribution in [3.63, 3.8) is 0 Å². The molecule has 0 saturated carbocycles. The van der Waals surface area contributed by atoms with Gasteiger partial charge in [0, 0.05) is 36.9 Å². The van der Waals surface area contributed by atoms with Crippen molar-refractivity contribution in [1.29, 1.82) is 0 Å². The molecule has 0 aliphatic rings. The lowest BCUT2D eigenvalue weighted by atomic mass is 10.0. The predicted molar refractivity (Wildman–Crippen MR) is 121 cm³/mol. The van der Waals surface area contributed by atoms with Gasteiger partial charge in [-0.1, -0.05) is 18.2 Å². The maximum absolute atomic E-state index is 14.7. The van der Waals surface area contributed by atoms with Crippen molar-refractivity contribution in [2.24, 2.45) is 0 Å². The van der Waals surface area contributed by atoms with Gasteiger partial charge >= 0.3 is 0 Å². The van der Waals surface area contributed by atoms with E-state index in [2.05, 4.69) is 11.1 Å². The normalized spacial score (nSPS) is 11.3. The molecule has 0 atom stereocenters. The first kappa shape index (κ1) is 20.3. The van der Waals surface area contributed by atoms with Gasteiger partial charge in [0.05, 0.1) is 4.88 Å². The zero-order valence-electron chi connectivity index (χ0n) is 17.1. The lowest BCUT2D eigenvalue weighted by molar-refractivity contribution is 0.0735. The Morgan fingerprint density at radius 1 is 1.03 bits per heavy atom. The van der Waals surface area contributed by atoms with Crippen LogP contribution in [0.4, 0.5) is 4.39 Å². The number of nitrogens with one attached hydrogen (secondary N) is 1. The maximum Gasteiger partial charge on any atom is 0.264 e. The van der Waals surface area contributed by atoms with Crippen molar-refractivity contribution in [3.8, 4) is 11.1 Å². The number of H-pyrrole nitrogens is 1. The second-order valence-corrected chi connectivity index (χ2v) is 8.54. The van der Waals surface area contributed by atoms with Crippen molar-refractivity contribution in [3.05, 3.63) is 82.4 Å². The number of carbonyl (C=O) groups is 1. The highest BCUT2D eigenvalue weighted by Crippen LogP contribution is 2.27.